The van der Waals surface area contributed by atoms with E-state index in [1.807, 2.05) is 7.05 Å². The molecular weight excluding hydrogens is 114 g/mol. The number of hydrogen-bond acceptors (Lipinski definition) is 2. The lowest BCUT2D eigenvalue weighted by molar-refractivity contribution is 0.370. The van der Waals surface area contributed by atoms with Gasteiger partial charge in [-0.15, -0.1) is 0 Å². The lowest BCUT2D eigenvalue weighted by atomic mass is 10.2. The van der Waals surface area contributed by atoms with Crippen LogP contribution >= 0.6 is 0 Å². The van der Waals surface area contributed by atoms with Gasteiger partial charge in [0, 0.05) is 0 Å². The van der Waals surface area contributed by atoms with Gasteiger partial charge in [0.1, 0.15) is 5.84 Å². The number of likely N-dealkylation sites (N-methyl/N-ethyl adjacent to an activating group) is 1. The van der Waals surface area contributed by atoms with Crippen LogP contribution in [0, 0.1) is 5.41 Å². The summed E-state index contributed by atoms with van der Waals surface area (Å²) in [6.07, 6.45) is 2.24. The van der Waals surface area contributed by atoms with Gasteiger partial charge in [-0.25, -0.2) is 0 Å². The highest BCUT2D eigenvalue weighted by Crippen LogP contribution is 2.13. The van der Waals surface area contributed by atoms with Crippen molar-refractivity contribution in [3.8, 4) is 0 Å². The molecule has 0 radical (unpaired) electrons. The van der Waals surface area contributed by atoms with Gasteiger partial charge in [-0.3, -0.25) is 10.3 Å². The normalized spacial score (nSPS) is 28.8. The number of amidine groups is 1. The Kier molecular flexibility index (Phi) is 1.71. The van der Waals surface area contributed by atoms with Crippen molar-refractivity contribution in [3.05, 3.63) is 0 Å². The molecule has 3 N–H and O–H groups in total. The average molecular weight is 127 g/mol. The van der Waals surface area contributed by atoms with E-state index in [4.69, 9.17) is 11.1 Å². The molecule has 1 saturated heterocycles. The summed E-state index contributed by atoms with van der Waals surface area (Å²) in [4.78, 5) is 2.13. The van der Waals surface area contributed by atoms with Crippen molar-refractivity contribution in [2.24, 2.45) is 5.73 Å². The summed E-state index contributed by atoms with van der Waals surface area (Å²) in [7, 11) is 2.01. The van der Waals surface area contributed by atoms with Crippen LogP contribution < -0.4 is 5.73 Å². The maximum absolute atomic E-state index is 7.16. The molecule has 0 saturated carbocycles. The number of nitrogens with zero attached hydrogens (tertiary/aromatic N) is 1. The summed E-state index contributed by atoms with van der Waals surface area (Å²) in [6.45, 7) is 1.09. The number of likely N-dealkylation sites (tertiary alicyclic amines) is 1. The second-order valence-electron chi connectivity index (χ2n) is 2.59. The van der Waals surface area contributed by atoms with Gasteiger partial charge < -0.3 is 5.73 Å². The minimum atomic E-state index is 0.227. The van der Waals surface area contributed by atoms with Gasteiger partial charge in [-0.2, -0.15) is 0 Å². The zero-order valence-electron chi connectivity index (χ0n) is 5.72. The third-order valence-electron chi connectivity index (χ3n) is 1.88. The molecule has 1 fully saturated rings. The predicted molar refractivity (Wildman–Crippen MR) is 37.6 cm³/mol. The van der Waals surface area contributed by atoms with E-state index in [0.29, 0.717) is 5.84 Å². The average Bonchev–Trinajstić information content (AvgIpc) is 2.13. The van der Waals surface area contributed by atoms with Crippen molar-refractivity contribution in [3.63, 3.8) is 0 Å². The predicted octanol–water partition coefficient (Wildman–Crippen LogP) is 0.0166. The van der Waals surface area contributed by atoms with Crippen LogP contribution in [0.4, 0.5) is 0 Å². The zero-order valence-corrected chi connectivity index (χ0v) is 5.72. The second kappa shape index (κ2) is 2.35. The van der Waals surface area contributed by atoms with Crippen molar-refractivity contribution in [2.75, 3.05) is 13.6 Å². The summed E-state index contributed by atoms with van der Waals surface area (Å²) >= 11 is 0. The highest BCUT2D eigenvalue weighted by Gasteiger charge is 2.22. The summed E-state index contributed by atoms with van der Waals surface area (Å²) in [5.41, 5.74) is 5.33. The fourth-order valence-electron chi connectivity index (χ4n) is 1.30. The van der Waals surface area contributed by atoms with E-state index in [1.165, 1.54) is 6.42 Å². The maximum Gasteiger partial charge on any atom is 0.108 e. The molecule has 3 heteroatoms. The summed E-state index contributed by atoms with van der Waals surface area (Å²) < 4.78 is 0. The van der Waals surface area contributed by atoms with Gasteiger partial charge in [0.2, 0.25) is 0 Å². The lowest BCUT2D eigenvalue weighted by Crippen LogP contribution is -2.37. The second-order valence-corrected chi connectivity index (χ2v) is 2.59. The maximum atomic E-state index is 7.16. The largest absolute Gasteiger partial charge is 0.386 e. The van der Waals surface area contributed by atoms with Gasteiger partial charge in [-0.1, -0.05) is 0 Å². The monoisotopic (exact) mass is 127 g/mol. The molecule has 1 rings (SSSR count). The first-order valence-electron chi connectivity index (χ1n) is 3.26. The smallest absolute Gasteiger partial charge is 0.108 e. The van der Waals surface area contributed by atoms with E-state index in [1.54, 1.807) is 0 Å². The molecule has 0 aliphatic carbocycles. The molecule has 0 spiro atoms. The van der Waals surface area contributed by atoms with Crippen LogP contribution in [-0.4, -0.2) is 30.4 Å². The van der Waals surface area contributed by atoms with Crippen LogP contribution in [0.25, 0.3) is 0 Å². The standard InChI is InChI=1S/C6H13N3/c1-9-4-2-3-5(9)6(7)8/h5H,2-4H2,1H3,(H3,7,8)/t5-/m0/s1. The van der Waals surface area contributed by atoms with E-state index in [0.717, 1.165) is 13.0 Å². The molecule has 0 aromatic rings. The fraction of sp³-hybridized carbons (Fsp3) is 0.833. The quantitative estimate of drug-likeness (QED) is 0.385. The van der Waals surface area contributed by atoms with E-state index in [2.05, 4.69) is 4.90 Å². The molecule has 1 aliphatic heterocycles. The van der Waals surface area contributed by atoms with Crippen molar-refractivity contribution in [2.45, 2.75) is 18.9 Å². The molecule has 0 bridgehead atoms. The van der Waals surface area contributed by atoms with Crippen molar-refractivity contribution in [1.82, 2.24) is 4.90 Å². The van der Waals surface area contributed by atoms with Crippen LogP contribution in [0.5, 0.6) is 0 Å². The van der Waals surface area contributed by atoms with Crippen LogP contribution in [-0.2, 0) is 0 Å². The first-order valence-corrected chi connectivity index (χ1v) is 3.26. The van der Waals surface area contributed by atoms with E-state index in [9.17, 15) is 0 Å². The minimum Gasteiger partial charge on any atom is -0.386 e. The number of nitrogens with one attached hydrogen (secondary N) is 1. The Morgan fingerprint density at radius 3 is 2.67 bits per heavy atom. The molecule has 0 aromatic heterocycles. The minimum absolute atomic E-state index is 0.227. The lowest BCUT2D eigenvalue weighted by Gasteiger charge is -2.16. The molecule has 1 aliphatic rings. The Morgan fingerprint density at radius 1 is 1.78 bits per heavy atom. The van der Waals surface area contributed by atoms with Crippen molar-refractivity contribution >= 4 is 5.84 Å². The molecule has 0 unspecified atom stereocenters. The summed E-state index contributed by atoms with van der Waals surface area (Å²) in [5, 5.41) is 7.16. The molecule has 52 valence electrons. The number of rotatable bonds is 1. The van der Waals surface area contributed by atoms with E-state index >= 15 is 0 Å². The van der Waals surface area contributed by atoms with Crippen LogP contribution in [0.3, 0.4) is 0 Å². The number of hydrogen-bond donors (Lipinski definition) is 2. The van der Waals surface area contributed by atoms with Gasteiger partial charge in [0.15, 0.2) is 0 Å². The first kappa shape index (κ1) is 6.55. The highest BCUT2D eigenvalue weighted by molar-refractivity contribution is 5.82. The third kappa shape index (κ3) is 1.21. The Hall–Kier alpha value is -0.570. The molecule has 1 heterocycles. The molecule has 9 heavy (non-hydrogen) atoms. The molecule has 1 atom stereocenters. The Balaban J connectivity index is 2.49. The topological polar surface area (TPSA) is 53.1 Å². The fourth-order valence-corrected chi connectivity index (χ4v) is 1.30. The van der Waals surface area contributed by atoms with Gasteiger partial charge in [0.05, 0.1) is 6.04 Å². The number of nitrogens with two attached hydrogens (primary N) is 1. The van der Waals surface area contributed by atoms with Crippen LogP contribution in [0.1, 0.15) is 12.8 Å². The zero-order chi connectivity index (χ0) is 6.85. The van der Waals surface area contributed by atoms with E-state index in [-0.39, 0.29) is 6.04 Å². The Labute approximate surface area is 55.3 Å². The van der Waals surface area contributed by atoms with Gasteiger partial charge in [-0.05, 0) is 26.4 Å². The third-order valence-corrected chi connectivity index (χ3v) is 1.88. The molecule has 0 amide bonds. The van der Waals surface area contributed by atoms with Crippen molar-refractivity contribution in [1.29, 1.82) is 5.41 Å². The Morgan fingerprint density at radius 2 is 2.44 bits per heavy atom. The highest BCUT2D eigenvalue weighted by atomic mass is 15.2. The summed E-state index contributed by atoms with van der Waals surface area (Å²) in [6, 6.07) is 0.227. The Bertz CT molecular complexity index is 121. The first-order chi connectivity index (χ1) is 4.22. The molecular formula is C6H13N3. The SMILES string of the molecule is CN1CCC[C@H]1C(=N)N. The summed E-state index contributed by atoms with van der Waals surface area (Å²) in [5.74, 6) is 0.315. The molecule has 0 aromatic carbocycles. The van der Waals surface area contributed by atoms with Gasteiger partial charge >= 0.3 is 0 Å². The molecule has 3 nitrogen and oxygen atoms in total. The van der Waals surface area contributed by atoms with Crippen LogP contribution in [0.2, 0.25) is 0 Å². The van der Waals surface area contributed by atoms with E-state index < -0.39 is 0 Å². The van der Waals surface area contributed by atoms with Gasteiger partial charge in [0.25, 0.3) is 0 Å². The van der Waals surface area contributed by atoms with Crippen LogP contribution in [0.15, 0.2) is 0 Å². The van der Waals surface area contributed by atoms with Crippen molar-refractivity contribution < 1.29 is 0 Å².